The molecule has 3 N–H and O–H groups in total. The molecule has 2 rings (SSSR count). The van der Waals surface area contributed by atoms with Crippen LogP contribution >= 0.6 is 0 Å². The molecule has 1 saturated heterocycles. The third-order valence-electron chi connectivity index (χ3n) is 2.93. The van der Waals surface area contributed by atoms with Gasteiger partial charge in [0.05, 0.1) is 6.54 Å². The van der Waals surface area contributed by atoms with Crippen molar-refractivity contribution >= 4 is 17.5 Å². The molecule has 96 valence electrons. The van der Waals surface area contributed by atoms with Gasteiger partial charge in [-0.2, -0.15) is 0 Å². The fourth-order valence-electron chi connectivity index (χ4n) is 2.03. The van der Waals surface area contributed by atoms with Crippen LogP contribution < -0.4 is 16.0 Å². The van der Waals surface area contributed by atoms with E-state index >= 15 is 0 Å². The maximum Gasteiger partial charge on any atom is 0.246 e. The van der Waals surface area contributed by atoms with Crippen molar-refractivity contribution in [1.29, 1.82) is 0 Å². The Morgan fingerprint density at radius 3 is 2.61 bits per heavy atom. The molecule has 0 radical (unpaired) electrons. The summed E-state index contributed by atoms with van der Waals surface area (Å²) < 4.78 is 0. The van der Waals surface area contributed by atoms with Gasteiger partial charge in [0, 0.05) is 11.2 Å². The summed E-state index contributed by atoms with van der Waals surface area (Å²) in [5.41, 5.74) is 7.11. The molecule has 1 aliphatic heterocycles. The number of rotatable bonds is 2. The fraction of sp³-hybridized carbons (Fsp3) is 0.385. The molecule has 1 fully saturated rings. The molecular weight excluding hydrogens is 230 g/mol. The molecule has 1 aliphatic rings. The van der Waals surface area contributed by atoms with E-state index in [1.165, 1.54) is 4.90 Å². The van der Waals surface area contributed by atoms with Gasteiger partial charge >= 0.3 is 0 Å². The molecule has 18 heavy (non-hydrogen) atoms. The third-order valence-corrected chi connectivity index (χ3v) is 2.93. The summed E-state index contributed by atoms with van der Waals surface area (Å²) in [5, 5.41) is 2.53. The predicted molar refractivity (Wildman–Crippen MR) is 69.0 cm³/mol. The molecule has 0 aromatic heterocycles. The van der Waals surface area contributed by atoms with Gasteiger partial charge in [0.1, 0.15) is 6.54 Å². The van der Waals surface area contributed by atoms with E-state index in [-0.39, 0.29) is 24.9 Å². The van der Waals surface area contributed by atoms with Crippen LogP contribution in [0, 0.1) is 0 Å². The molecule has 0 saturated carbocycles. The summed E-state index contributed by atoms with van der Waals surface area (Å²) in [5.74, 6) is -0.273. The molecule has 0 aliphatic carbocycles. The van der Waals surface area contributed by atoms with Crippen LogP contribution in [-0.2, 0) is 15.1 Å². The standard InChI is InChI=1S/C13H17N3O2/c1-13(2,14)9-5-3-4-6-10(9)16-8-11(17)15-7-12(16)18/h3-6H,7-8,14H2,1-2H3,(H,15,17). The zero-order valence-corrected chi connectivity index (χ0v) is 10.6. The van der Waals surface area contributed by atoms with Gasteiger partial charge in [-0.1, -0.05) is 18.2 Å². The number of nitrogens with one attached hydrogen (secondary N) is 1. The Morgan fingerprint density at radius 1 is 1.28 bits per heavy atom. The minimum Gasteiger partial charge on any atom is -0.345 e. The maximum absolute atomic E-state index is 11.9. The van der Waals surface area contributed by atoms with Gasteiger partial charge in [-0.15, -0.1) is 0 Å². The molecule has 1 aromatic rings. The molecule has 5 nitrogen and oxygen atoms in total. The lowest BCUT2D eigenvalue weighted by Gasteiger charge is -2.32. The summed E-state index contributed by atoms with van der Waals surface area (Å²) in [6, 6.07) is 7.42. The molecule has 1 heterocycles. The topological polar surface area (TPSA) is 75.4 Å². The van der Waals surface area contributed by atoms with E-state index in [1.54, 1.807) is 0 Å². The molecule has 1 aromatic carbocycles. The molecule has 5 heteroatoms. The highest BCUT2D eigenvalue weighted by Crippen LogP contribution is 2.29. The normalized spacial score (nSPS) is 16.7. The third kappa shape index (κ3) is 2.36. The van der Waals surface area contributed by atoms with Crippen molar-refractivity contribution < 1.29 is 9.59 Å². The number of nitrogens with two attached hydrogens (primary N) is 1. The Labute approximate surface area is 106 Å². The Morgan fingerprint density at radius 2 is 1.94 bits per heavy atom. The Bertz CT molecular complexity index is 491. The number of hydrogen-bond acceptors (Lipinski definition) is 3. The number of carbonyl (C=O) groups excluding carboxylic acids is 2. The molecule has 0 spiro atoms. The van der Waals surface area contributed by atoms with Crippen molar-refractivity contribution in [2.75, 3.05) is 18.0 Å². The largest absolute Gasteiger partial charge is 0.345 e. The minimum atomic E-state index is -0.565. The molecule has 0 bridgehead atoms. The van der Waals surface area contributed by atoms with E-state index in [9.17, 15) is 9.59 Å². The molecular formula is C13H17N3O2. The van der Waals surface area contributed by atoms with E-state index in [1.807, 2.05) is 38.1 Å². The van der Waals surface area contributed by atoms with E-state index in [4.69, 9.17) is 5.73 Å². The highest BCUT2D eigenvalue weighted by molar-refractivity contribution is 6.05. The van der Waals surface area contributed by atoms with Crippen molar-refractivity contribution in [3.8, 4) is 0 Å². The first-order valence-electron chi connectivity index (χ1n) is 5.85. The number of benzene rings is 1. The van der Waals surface area contributed by atoms with Crippen LogP contribution in [-0.4, -0.2) is 24.9 Å². The quantitative estimate of drug-likeness (QED) is 0.791. The lowest BCUT2D eigenvalue weighted by molar-refractivity contribution is -0.128. The van der Waals surface area contributed by atoms with E-state index in [0.717, 1.165) is 5.56 Å². The molecule has 0 atom stereocenters. The van der Waals surface area contributed by atoms with Crippen molar-refractivity contribution in [3.63, 3.8) is 0 Å². The highest BCUT2D eigenvalue weighted by atomic mass is 16.2. The molecule has 0 unspecified atom stereocenters. The number of carbonyl (C=O) groups is 2. The second-order valence-corrected chi connectivity index (χ2v) is 5.00. The Kier molecular flexibility index (Phi) is 3.09. The van der Waals surface area contributed by atoms with Crippen LogP contribution in [0.3, 0.4) is 0 Å². The van der Waals surface area contributed by atoms with Crippen LogP contribution in [0.4, 0.5) is 5.69 Å². The van der Waals surface area contributed by atoms with Crippen LogP contribution in [0.25, 0.3) is 0 Å². The van der Waals surface area contributed by atoms with Crippen LogP contribution in [0.5, 0.6) is 0 Å². The average molecular weight is 247 g/mol. The summed E-state index contributed by atoms with van der Waals surface area (Å²) in [6.07, 6.45) is 0. The summed E-state index contributed by atoms with van der Waals surface area (Å²) in [7, 11) is 0. The second-order valence-electron chi connectivity index (χ2n) is 5.00. The number of piperazine rings is 1. The van der Waals surface area contributed by atoms with Gasteiger partial charge in [-0.05, 0) is 25.5 Å². The van der Waals surface area contributed by atoms with Crippen molar-refractivity contribution in [3.05, 3.63) is 29.8 Å². The lowest BCUT2D eigenvalue weighted by Crippen LogP contribution is -2.52. The highest BCUT2D eigenvalue weighted by Gasteiger charge is 2.28. The summed E-state index contributed by atoms with van der Waals surface area (Å²) in [6.45, 7) is 3.84. The maximum atomic E-state index is 11.9. The van der Waals surface area contributed by atoms with Gasteiger partial charge in [-0.25, -0.2) is 0 Å². The lowest BCUT2D eigenvalue weighted by atomic mass is 9.93. The summed E-state index contributed by atoms with van der Waals surface area (Å²) in [4.78, 5) is 24.8. The monoisotopic (exact) mass is 247 g/mol. The van der Waals surface area contributed by atoms with Gasteiger partial charge in [0.2, 0.25) is 11.8 Å². The summed E-state index contributed by atoms with van der Waals surface area (Å²) >= 11 is 0. The van der Waals surface area contributed by atoms with E-state index < -0.39 is 5.54 Å². The zero-order chi connectivity index (χ0) is 13.3. The van der Waals surface area contributed by atoms with Crippen LogP contribution in [0.15, 0.2) is 24.3 Å². The van der Waals surface area contributed by atoms with Gasteiger partial charge in [-0.3, -0.25) is 9.59 Å². The van der Waals surface area contributed by atoms with E-state index in [0.29, 0.717) is 5.69 Å². The van der Waals surface area contributed by atoms with E-state index in [2.05, 4.69) is 5.32 Å². The number of anilines is 1. The zero-order valence-electron chi connectivity index (χ0n) is 10.6. The van der Waals surface area contributed by atoms with Crippen molar-refractivity contribution in [1.82, 2.24) is 5.32 Å². The Balaban J connectivity index is 2.44. The van der Waals surface area contributed by atoms with Crippen LogP contribution in [0.1, 0.15) is 19.4 Å². The fourth-order valence-corrected chi connectivity index (χ4v) is 2.03. The smallest absolute Gasteiger partial charge is 0.246 e. The first kappa shape index (κ1) is 12.6. The van der Waals surface area contributed by atoms with Gasteiger partial charge in [0.25, 0.3) is 0 Å². The van der Waals surface area contributed by atoms with Crippen LogP contribution in [0.2, 0.25) is 0 Å². The first-order chi connectivity index (χ1) is 8.39. The number of para-hydroxylation sites is 1. The van der Waals surface area contributed by atoms with Crippen molar-refractivity contribution in [2.45, 2.75) is 19.4 Å². The number of nitrogens with zero attached hydrogens (tertiary/aromatic N) is 1. The number of hydrogen-bond donors (Lipinski definition) is 2. The van der Waals surface area contributed by atoms with Gasteiger partial charge in [0.15, 0.2) is 0 Å². The SMILES string of the molecule is CC(C)(N)c1ccccc1N1CC(=O)NCC1=O. The van der Waals surface area contributed by atoms with Gasteiger partial charge < -0.3 is 16.0 Å². The number of amides is 2. The molecule has 2 amide bonds. The second kappa shape index (κ2) is 4.42. The first-order valence-corrected chi connectivity index (χ1v) is 5.85. The average Bonchev–Trinajstić information content (AvgIpc) is 2.31. The minimum absolute atomic E-state index is 0.0398. The predicted octanol–water partition coefficient (Wildman–Crippen LogP) is 0.343. The van der Waals surface area contributed by atoms with Crippen molar-refractivity contribution in [2.24, 2.45) is 5.73 Å². The Hall–Kier alpha value is -1.88.